The van der Waals surface area contributed by atoms with Crippen molar-refractivity contribution < 1.29 is 14.3 Å². The van der Waals surface area contributed by atoms with Crippen LogP contribution in [0.2, 0.25) is 0 Å². The maximum absolute atomic E-state index is 12.0. The Bertz CT molecular complexity index is 656. The highest BCUT2D eigenvalue weighted by atomic mass is 16.5. The molecule has 0 heterocycles. The number of benzene rings is 2. The van der Waals surface area contributed by atoms with E-state index in [1.165, 1.54) is 5.56 Å². The molecule has 0 aliphatic rings. The molecule has 5 heteroatoms. The number of nitrogens with one attached hydrogen (secondary N) is 2. The molecule has 134 valence electrons. The van der Waals surface area contributed by atoms with Crippen LogP contribution in [0.25, 0.3) is 0 Å². The van der Waals surface area contributed by atoms with Crippen molar-refractivity contribution in [1.82, 2.24) is 5.32 Å². The largest absolute Gasteiger partial charge is 0.379 e. The van der Waals surface area contributed by atoms with Crippen molar-refractivity contribution in [3.8, 4) is 0 Å². The Morgan fingerprint density at radius 1 is 1.00 bits per heavy atom. The fraction of sp³-hybridized carbons (Fsp3) is 0.350. The lowest BCUT2D eigenvalue weighted by atomic mass is 10.1. The third-order valence-corrected chi connectivity index (χ3v) is 3.60. The molecule has 0 atom stereocenters. The summed E-state index contributed by atoms with van der Waals surface area (Å²) in [5, 5.41) is 5.70. The van der Waals surface area contributed by atoms with E-state index < -0.39 is 0 Å². The van der Waals surface area contributed by atoms with E-state index in [0.29, 0.717) is 33.0 Å². The van der Waals surface area contributed by atoms with Gasteiger partial charge in [0.05, 0.1) is 19.8 Å². The number of aryl methyl sites for hydroxylation is 1. The monoisotopic (exact) mass is 342 g/mol. The predicted molar refractivity (Wildman–Crippen MR) is 99.6 cm³/mol. The van der Waals surface area contributed by atoms with Crippen molar-refractivity contribution >= 4 is 11.7 Å². The number of anilines is 1. The fourth-order valence-corrected chi connectivity index (χ4v) is 2.25. The highest BCUT2D eigenvalue weighted by Gasteiger charge is 2.03. The molecule has 2 amide bonds. The number of amides is 2. The summed E-state index contributed by atoms with van der Waals surface area (Å²) < 4.78 is 10.8. The smallest absolute Gasteiger partial charge is 0.319 e. The van der Waals surface area contributed by atoms with Gasteiger partial charge in [-0.1, -0.05) is 42.0 Å². The summed E-state index contributed by atoms with van der Waals surface area (Å²) in [5.41, 5.74) is 4.02. The van der Waals surface area contributed by atoms with Gasteiger partial charge in [0.1, 0.15) is 0 Å². The first-order valence-electron chi connectivity index (χ1n) is 8.52. The maximum Gasteiger partial charge on any atom is 0.319 e. The Labute approximate surface area is 149 Å². The molecule has 0 aliphatic carbocycles. The van der Waals surface area contributed by atoms with Crippen LogP contribution in [0.1, 0.15) is 23.6 Å². The van der Waals surface area contributed by atoms with Crippen LogP contribution in [0.15, 0.2) is 48.5 Å². The van der Waals surface area contributed by atoms with E-state index in [1.807, 2.05) is 62.4 Å². The minimum Gasteiger partial charge on any atom is -0.379 e. The van der Waals surface area contributed by atoms with Gasteiger partial charge in [0.2, 0.25) is 0 Å². The minimum absolute atomic E-state index is 0.227. The summed E-state index contributed by atoms with van der Waals surface area (Å²) in [4.78, 5) is 12.0. The van der Waals surface area contributed by atoms with E-state index >= 15 is 0 Å². The molecular weight excluding hydrogens is 316 g/mol. The summed E-state index contributed by atoms with van der Waals surface area (Å²) in [6.45, 7) is 6.83. The van der Waals surface area contributed by atoms with Crippen LogP contribution in [-0.2, 0) is 22.6 Å². The van der Waals surface area contributed by atoms with Crippen molar-refractivity contribution in [2.24, 2.45) is 0 Å². The zero-order valence-electron chi connectivity index (χ0n) is 14.9. The molecule has 2 rings (SSSR count). The van der Waals surface area contributed by atoms with Gasteiger partial charge < -0.3 is 20.1 Å². The van der Waals surface area contributed by atoms with Crippen LogP contribution in [0, 0.1) is 6.92 Å². The van der Waals surface area contributed by atoms with Gasteiger partial charge in [0, 0.05) is 18.8 Å². The Hall–Kier alpha value is -2.37. The van der Waals surface area contributed by atoms with E-state index in [2.05, 4.69) is 10.6 Å². The normalized spacial score (nSPS) is 10.5. The van der Waals surface area contributed by atoms with Crippen molar-refractivity contribution in [1.29, 1.82) is 0 Å². The van der Waals surface area contributed by atoms with E-state index in [0.717, 1.165) is 16.8 Å². The molecule has 2 aromatic rings. The Morgan fingerprint density at radius 3 is 2.52 bits per heavy atom. The minimum atomic E-state index is -0.227. The van der Waals surface area contributed by atoms with Crippen LogP contribution in [0.4, 0.5) is 10.5 Å². The maximum atomic E-state index is 12.0. The molecule has 0 saturated heterocycles. The van der Waals surface area contributed by atoms with E-state index in [4.69, 9.17) is 9.47 Å². The topological polar surface area (TPSA) is 59.6 Å². The number of carbonyl (C=O) groups is 1. The molecule has 0 unspecified atom stereocenters. The second kappa shape index (κ2) is 10.5. The quantitative estimate of drug-likeness (QED) is 0.680. The Kier molecular flexibility index (Phi) is 7.95. The van der Waals surface area contributed by atoms with Crippen LogP contribution < -0.4 is 10.6 Å². The average molecular weight is 342 g/mol. The number of ether oxygens (including phenoxy) is 2. The molecular formula is C20H26N2O3. The lowest BCUT2D eigenvalue weighted by molar-refractivity contribution is 0.0453. The van der Waals surface area contributed by atoms with E-state index in [9.17, 15) is 4.79 Å². The first-order chi connectivity index (χ1) is 12.2. The molecule has 0 aliphatic heterocycles. The van der Waals surface area contributed by atoms with Gasteiger partial charge in [0.15, 0.2) is 0 Å². The molecule has 2 N–H and O–H groups in total. The highest BCUT2D eigenvalue weighted by molar-refractivity contribution is 5.89. The second-order valence-electron chi connectivity index (χ2n) is 5.74. The average Bonchev–Trinajstić information content (AvgIpc) is 2.61. The van der Waals surface area contributed by atoms with Crippen molar-refractivity contribution in [2.45, 2.75) is 27.0 Å². The predicted octanol–water partition coefficient (Wildman–Crippen LogP) is 3.87. The summed E-state index contributed by atoms with van der Waals surface area (Å²) in [7, 11) is 0. The van der Waals surface area contributed by atoms with Crippen molar-refractivity contribution in [3.63, 3.8) is 0 Å². The number of hydrogen-bond acceptors (Lipinski definition) is 3. The first-order valence-corrected chi connectivity index (χ1v) is 8.52. The molecule has 0 saturated carbocycles. The van der Waals surface area contributed by atoms with E-state index in [-0.39, 0.29) is 6.03 Å². The standard InChI is InChI=1S/C20H26N2O3/c1-3-24-11-12-25-15-18-5-4-6-19(13-18)22-20(23)21-14-17-9-7-16(2)8-10-17/h4-10,13H,3,11-12,14-15H2,1-2H3,(H2,21,22,23). The summed E-state index contributed by atoms with van der Waals surface area (Å²) in [6.07, 6.45) is 0. The van der Waals surface area contributed by atoms with Crippen LogP contribution in [0.5, 0.6) is 0 Å². The number of hydrogen-bond donors (Lipinski definition) is 2. The van der Waals surface area contributed by atoms with Crippen LogP contribution >= 0.6 is 0 Å². The van der Waals surface area contributed by atoms with Crippen molar-refractivity contribution in [3.05, 3.63) is 65.2 Å². The zero-order valence-corrected chi connectivity index (χ0v) is 14.9. The SMILES string of the molecule is CCOCCOCc1cccc(NC(=O)NCc2ccc(C)cc2)c1. The van der Waals surface area contributed by atoms with Crippen molar-refractivity contribution in [2.75, 3.05) is 25.1 Å². The molecule has 2 aromatic carbocycles. The van der Waals surface area contributed by atoms with Gasteiger partial charge in [-0.05, 0) is 37.1 Å². The lowest BCUT2D eigenvalue weighted by Crippen LogP contribution is -2.28. The van der Waals surface area contributed by atoms with Gasteiger partial charge in [-0.3, -0.25) is 0 Å². The molecule has 0 aromatic heterocycles. The zero-order chi connectivity index (χ0) is 17.9. The summed E-state index contributed by atoms with van der Waals surface area (Å²) >= 11 is 0. The van der Waals surface area contributed by atoms with Crippen LogP contribution in [0.3, 0.4) is 0 Å². The van der Waals surface area contributed by atoms with Gasteiger partial charge in [-0.15, -0.1) is 0 Å². The Morgan fingerprint density at radius 2 is 1.76 bits per heavy atom. The number of urea groups is 1. The first kappa shape index (κ1) is 19.0. The number of rotatable bonds is 9. The molecule has 0 radical (unpaired) electrons. The third-order valence-electron chi connectivity index (χ3n) is 3.60. The Balaban J connectivity index is 1.76. The second-order valence-corrected chi connectivity index (χ2v) is 5.74. The molecule has 5 nitrogen and oxygen atoms in total. The molecule has 0 bridgehead atoms. The summed E-state index contributed by atoms with van der Waals surface area (Å²) in [6, 6.07) is 15.5. The number of carbonyl (C=O) groups excluding carboxylic acids is 1. The molecule has 0 spiro atoms. The van der Waals surface area contributed by atoms with E-state index in [1.54, 1.807) is 0 Å². The highest BCUT2D eigenvalue weighted by Crippen LogP contribution is 2.11. The van der Waals surface area contributed by atoms with Gasteiger partial charge >= 0.3 is 6.03 Å². The van der Waals surface area contributed by atoms with Gasteiger partial charge in [-0.25, -0.2) is 4.79 Å². The summed E-state index contributed by atoms with van der Waals surface area (Å²) in [5.74, 6) is 0. The fourth-order valence-electron chi connectivity index (χ4n) is 2.25. The van der Waals surface area contributed by atoms with Crippen LogP contribution in [-0.4, -0.2) is 25.9 Å². The van der Waals surface area contributed by atoms with Gasteiger partial charge in [0.25, 0.3) is 0 Å². The lowest BCUT2D eigenvalue weighted by Gasteiger charge is -2.10. The molecule has 25 heavy (non-hydrogen) atoms. The molecule has 0 fully saturated rings. The van der Waals surface area contributed by atoms with Gasteiger partial charge in [-0.2, -0.15) is 0 Å². The third kappa shape index (κ3) is 7.37.